The highest BCUT2D eigenvalue weighted by atomic mass is 16.6. The fraction of sp³-hybridized carbons (Fsp3) is 0.500. The average molecular weight is 248 g/mol. The summed E-state index contributed by atoms with van der Waals surface area (Å²) in [4.78, 5) is 10.9. The van der Waals surface area contributed by atoms with Crippen LogP contribution in [-0.2, 0) is 4.79 Å². The molecular formula is C14H16O4. The van der Waals surface area contributed by atoms with Crippen molar-refractivity contribution >= 4 is 5.97 Å². The predicted octanol–water partition coefficient (Wildman–Crippen LogP) is 2.52. The number of carboxylic acids is 1. The molecule has 2 aliphatic rings. The van der Waals surface area contributed by atoms with Gasteiger partial charge in [-0.25, -0.2) is 0 Å². The van der Waals surface area contributed by atoms with Crippen molar-refractivity contribution in [3.63, 3.8) is 0 Å². The van der Waals surface area contributed by atoms with Gasteiger partial charge >= 0.3 is 5.97 Å². The first-order valence-corrected chi connectivity index (χ1v) is 6.30. The first-order chi connectivity index (χ1) is 8.65. The summed E-state index contributed by atoms with van der Waals surface area (Å²) in [5.41, 5.74) is 2.33. The molecule has 0 spiro atoms. The van der Waals surface area contributed by atoms with E-state index < -0.39 is 5.97 Å². The van der Waals surface area contributed by atoms with E-state index in [0.29, 0.717) is 19.1 Å². The number of fused-ring (bicyclic) bond motifs is 2. The van der Waals surface area contributed by atoms with Crippen molar-refractivity contribution in [1.82, 2.24) is 0 Å². The topological polar surface area (TPSA) is 55.8 Å². The third-order valence-corrected chi connectivity index (χ3v) is 3.78. The van der Waals surface area contributed by atoms with Gasteiger partial charge < -0.3 is 14.6 Å². The number of carbonyl (C=O) groups is 1. The highest BCUT2D eigenvalue weighted by Gasteiger charge is 2.32. The van der Waals surface area contributed by atoms with E-state index in [1.807, 2.05) is 12.1 Å². The summed E-state index contributed by atoms with van der Waals surface area (Å²) >= 11 is 0. The van der Waals surface area contributed by atoms with Crippen LogP contribution in [0.15, 0.2) is 12.1 Å². The van der Waals surface area contributed by atoms with E-state index in [0.717, 1.165) is 23.5 Å². The number of hydrogen-bond donors (Lipinski definition) is 1. The summed E-state index contributed by atoms with van der Waals surface area (Å²) in [7, 11) is 0. The average Bonchev–Trinajstić information content (AvgIpc) is 2.63. The second-order valence-corrected chi connectivity index (χ2v) is 5.06. The molecule has 18 heavy (non-hydrogen) atoms. The molecular weight excluding hydrogens is 232 g/mol. The van der Waals surface area contributed by atoms with Crippen molar-refractivity contribution in [3.8, 4) is 11.5 Å². The Hall–Kier alpha value is -1.71. The summed E-state index contributed by atoms with van der Waals surface area (Å²) in [5.74, 6) is 1.30. The Kier molecular flexibility index (Phi) is 2.65. The smallest absolute Gasteiger partial charge is 0.303 e. The molecule has 1 aliphatic carbocycles. The monoisotopic (exact) mass is 248 g/mol. The molecule has 1 heterocycles. The van der Waals surface area contributed by atoms with E-state index in [4.69, 9.17) is 14.6 Å². The molecule has 3 rings (SSSR count). The molecule has 4 heteroatoms. The third-order valence-electron chi connectivity index (χ3n) is 3.78. The van der Waals surface area contributed by atoms with Gasteiger partial charge in [-0.15, -0.1) is 0 Å². The quantitative estimate of drug-likeness (QED) is 0.873. The van der Waals surface area contributed by atoms with Crippen LogP contribution in [0.4, 0.5) is 0 Å². The first kappa shape index (κ1) is 11.4. The van der Waals surface area contributed by atoms with E-state index in [-0.39, 0.29) is 12.3 Å². The highest BCUT2D eigenvalue weighted by molar-refractivity contribution is 5.69. The number of rotatable bonds is 2. The summed E-state index contributed by atoms with van der Waals surface area (Å²) in [6.07, 6.45) is 1.08. The van der Waals surface area contributed by atoms with Crippen LogP contribution in [0.5, 0.6) is 11.5 Å². The summed E-state index contributed by atoms with van der Waals surface area (Å²) < 4.78 is 11.1. The van der Waals surface area contributed by atoms with Crippen molar-refractivity contribution in [3.05, 3.63) is 23.3 Å². The van der Waals surface area contributed by atoms with Gasteiger partial charge in [-0.1, -0.05) is 6.92 Å². The maximum absolute atomic E-state index is 10.9. The largest absolute Gasteiger partial charge is 0.486 e. The lowest BCUT2D eigenvalue weighted by atomic mass is 9.97. The molecule has 1 aliphatic heterocycles. The van der Waals surface area contributed by atoms with Gasteiger partial charge in [0.1, 0.15) is 13.2 Å². The lowest BCUT2D eigenvalue weighted by Crippen LogP contribution is -2.16. The van der Waals surface area contributed by atoms with Crippen LogP contribution >= 0.6 is 0 Å². The zero-order valence-corrected chi connectivity index (χ0v) is 10.3. The van der Waals surface area contributed by atoms with Crippen LogP contribution in [-0.4, -0.2) is 24.3 Å². The Labute approximate surface area is 106 Å². The zero-order valence-electron chi connectivity index (χ0n) is 10.3. The summed E-state index contributed by atoms with van der Waals surface area (Å²) in [6, 6.07) is 4.00. The van der Waals surface area contributed by atoms with E-state index in [1.165, 1.54) is 5.56 Å². The maximum Gasteiger partial charge on any atom is 0.303 e. The normalized spacial score (nSPS) is 24.7. The third kappa shape index (κ3) is 1.82. The molecule has 1 aromatic carbocycles. The Morgan fingerprint density at radius 2 is 1.89 bits per heavy atom. The highest BCUT2D eigenvalue weighted by Crippen LogP contribution is 2.47. The van der Waals surface area contributed by atoms with Gasteiger partial charge in [0, 0.05) is 0 Å². The fourth-order valence-corrected chi connectivity index (χ4v) is 2.99. The SMILES string of the molecule is CC1CC(CC(=O)O)c2cc3c(cc21)OCCO3. The Balaban J connectivity index is 2.00. The molecule has 1 N–H and O–H groups in total. The lowest BCUT2D eigenvalue weighted by Gasteiger charge is -2.20. The second kappa shape index (κ2) is 4.19. The van der Waals surface area contributed by atoms with Crippen molar-refractivity contribution in [1.29, 1.82) is 0 Å². The Morgan fingerprint density at radius 3 is 2.50 bits per heavy atom. The van der Waals surface area contributed by atoms with Crippen LogP contribution in [0.2, 0.25) is 0 Å². The number of carboxylic acid groups (broad SMARTS) is 1. The molecule has 4 nitrogen and oxygen atoms in total. The first-order valence-electron chi connectivity index (χ1n) is 6.30. The van der Waals surface area contributed by atoms with Gasteiger partial charge in [0.05, 0.1) is 6.42 Å². The Bertz CT molecular complexity index is 495. The van der Waals surface area contributed by atoms with Gasteiger partial charge in [0.25, 0.3) is 0 Å². The van der Waals surface area contributed by atoms with Crippen molar-refractivity contribution in [2.75, 3.05) is 13.2 Å². The van der Waals surface area contributed by atoms with E-state index >= 15 is 0 Å². The molecule has 0 saturated carbocycles. The summed E-state index contributed by atoms with van der Waals surface area (Å²) in [6.45, 7) is 3.28. The van der Waals surface area contributed by atoms with Crippen LogP contribution in [0, 0.1) is 0 Å². The van der Waals surface area contributed by atoms with E-state index in [9.17, 15) is 4.79 Å². The van der Waals surface area contributed by atoms with Gasteiger partial charge in [0.15, 0.2) is 11.5 Å². The molecule has 1 aromatic rings. The van der Waals surface area contributed by atoms with Gasteiger partial charge in [-0.2, -0.15) is 0 Å². The molecule has 0 fully saturated rings. The van der Waals surface area contributed by atoms with Gasteiger partial charge in [-0.3, -0.25) is 4.79 Å². The minimum atomic E-state index is -0.741. The van der Waals surface area contributed by atoms with Gasteiger partial charge in [-0.05, 0) is 41.5 Å². The predicted molar refractivity (Wildman–Crippen MR) is 65.5 cm³/mol. The lowest BCUT2D eigenvalue weighted by molar-refractivity contribution is -0.137. The summed E-state index contributed by atoms with van der Waals surface area (Å²) in [5, 5.41) is 8.97. The van der Waals surface area contributed by atoms with Crippen LogP contribution in [0.3, 0.4) is 0 Å². The minimum Gasteiger partial charge on any atom is -0.486 e. The fourth-order valence-electron chi connectivity index (χ4n) is 2.99. The van der Waals surface area contributed by atoms with Crippen molar-refractivity contribution in [2.45, 2.75) is 31.6 Å². The van der Waals surface area contributed by atoms with E-state index in [2.05, 4.69) is 6.92 Å². The molecule has 0 radical (unpaired) electrons. The van der Waals surface area contributed by atoms with Crippen molar-refractivity contribution < 1.29 is 19.4 Å². The molecule has 2 unspecified atom stereocenters. The molecule has 0 bridgehead atoms. The number of hydrogen-bond acceptors (Lipinski definition) is 3. The van der Waals surface area contributed by atoms with Crippen molar-refractivity contribution in [2.24, 2.45) is 0 Å². The van der Waals surface area contributed by atoms with Crippen LogP contribution < -0.4 is 9.47 Å². The minimum absolute atomic E-state index is 0.100. The molecule has 2 atom stereocenters. The standard InChI is InChI=1S/C14H16O4/c1-8-4-9(5-14(15)16)11-7-13-12(6-10(8)11)17-2-3-18-13/h6-9H,2-5H2,1H3,(H,15,16). The number of aliphatic carboxylic acids is 1. The number of ether oxygens (including phenoxy) is 2. The Morgan fingerprint density at radius 1 is 1.28 bits per heavy atom. The van der Waals surface area contributed by atoms with Gasteiger partial charge in [0.2, 0.25) is 0 Å². The van der Waals surface area contributed by atoms with Crippen LogP contribution in [0.25, 0.3) is 0 Å². The van der Waals surface area contributed by atoms with E-state index in [1.54, 1.807) is 0 Å². The molecule has 0 amide bonds. The maximum atomic E-state index is 10.9. The molecule has 0 saturated heterocycles. The molecule has 0 aromatic heterocycles. The van der Waals surface area contributed by atoms with Crippen LogP contribution in [0.1, 0.15) is 42.7 Å². The number of benzene rings is 1. The second-order valence-electron chi connectivity index (χ2n) is 5.06. The molecule has 96 valence electrons. The zero-order chi connectivity index (χ0) is 12.7.